The fourth-order valence-corrected chi connectivity index (χ4v) is 0.528. The highest BCUT2D eigenvalue weighted by Gasteiger charge is 2.00. The third kappa shape index (κ3) is 3.26. The summed E-state index contributed by atoms with van der Waals surface area (Å²) >= 11 is 0. The number of aliphatic imine (C=N–C) groups is 1. The Morgan fingerprint density at radius 2 is 2.18 bits per heavy atom. The third-order valence-corrected chi connectivity index (χ3v) is 0.960. The fraction of sp³-hybridized carbons (Fsp3) is 0.429. The summed E-state index contributed by atoms with van der Waals surface area (Å²) in [6, 6.07) is 1.92. The van der Waals surface area contributed by atoms with Crippen LogP contribution < -0.4 is 11.5 Å². The molecule has 4 nitrogen and oxygen atoms in total. The van der Waals surface area contributed by atoms with Crippen LogP contribution in [0, 0.1) is 11.3 Å². The molecule has 0 atom stereocenters. The summed E-state index contributed by atoms with van der Waals surface area (Å²) in [7, 11) is 0. The largest absolute Gasteiger partial charge is 0.403 e. The average Bonchev–Trinajstić information content (AvgIpc) is 1.88. The Kier molecular flexibility index (Phi) is 3.75. The fourth-order valence-electron chi connectivity index (χ4n) is 0.528. The Bertz CT molecular complexity index is 219. The second-order valence-corrected chi connectivity index (χ2v) is 2.30. The molecule has 0 aliphatic heterocycles. The summed E-state index contributed by atoms with van der Waals surface area (Å²) in [6.45, 7) is 3.75. The molecule has 0 saturated carbocycles. The molecule has 0 aliphatic rings. The van der Waals surface area contributed by atoms with Gasteiger partial charge in [0.05, 0.1) is 0 Å². The minimum atomic E-state index is 0.0818. The van der Waals surface area contributed by atoms with E-state index in [2.05, 4.69) is 4.99 Å². The quantitative estimate of drug-likeness (QED) is 0.334. The van der Waals surface area contributed by atoms with Crippen molar-refractivity contribution in [2.75, 3.05) is 0 Å². The Morgan fingerprint density at radius 1 is 1.64 bits per heavy atom. The van der Waals surface area contributed by atoms with Crippen molar-refractivity contribution in [1.82, 2.24) is 0 Å². The van der Waals surface area contributed by atoms with Crippen molar-refractivity contribution in [1.29, 1.82) is 5.26 Å². The average molecular weight is 152 g/mol. The summed E-state index contributed by atoms with van der Waals surface area (Å²) in [4.78, 5) is 3.94. The van der Waals surface area contributed by atoms with E-state index in [1.807, 2.05) is 19.9 Å². The lowest BCUT2D eigenvalue weighted by molar-refractivity contribution is 0.834. The van der Waals surface area contributed by atoms with Crippen LogP contribution in [0.1, 0.15) is 13.8 Å². The van der Waals surface area contributed by atoms with Crippen molar-refractivity contribution in [2.45, 2.75) is 19.9 Å². The molecule has 0 aromatic carbocycles. The van der Waals surface area contributed by atoms with Gasteiger partial charge in [-0.3, -0.25) is 4.99 Å². The van der Waals surface area contributed by atoms with Crippen molar-refractivity contribution < 1.29 is 0 Å². The lowest BCUT2D eigenvalue weighted by Crippen LogP contribution is -2.17. The first-order valence-electron chi connectivity index (χ1n) is 3.27. The molecule has 0 saturated heterocycles. The maximum Gasteiger partial charge on any atom is 0.138 e. The van der Waals surface area contributed by atoms with Crippen molar-refractivity contribution in [2.24, 2.45) is 16.5 Å². The van der Waals surface area contributed by atoms with Crippen LogP contribution in [0.3, 0.4) is 0 Å². The van der Waals surface area contributed by atoms with Gasteiger partial charge in [0.1, 0.15) is 17.5 Å². The number of nitriles is 1. The van der Waals surface area contributed by atoms with Gasteiger partial charge in [0, 0.05) is 12.2 Å². The predicted octanol–water partition coefficient (Wildman–Crippen LogP) is 0.118. The third-order valence-electron chi connectivity index (χ3n) is 0.960. The minimum Gasteiger partial charge on any atom is -0.403 e. The monoisotopic (exact) mass is 152 g/mol. The van der Waals surface area contributed by atoms with E-state index >= 15 is 0 Å². The topological polar surface area (TPSA) is 88.2 Å². The lowest BCUT2D eigenvalue weighted by Gasteiger charge is -1.99. The van der Waals surface area contributed by atoms with E-state index in [1.54, 1.807) is 0 Å². The molecule has 0 radical (unpaired) electrons. The molecule has 0 rings (SSSR count). The van der Waals surface area contributed by atoms with Crippen LogP contribution in [0.5, 0.6) is 0 Å². The van der Waals surface area contributed by atoms with Gasteiger partial charge in [0.2, 0.25) is 0 Å². The summed E-state index contributed by atoms with van der Waals surface area (Å²) in [5.41, 5.74) is 10.8. The number of nitrogens with two attached hydrogens (primary N) is 2. The smallest absolute Gasteiger partial charge is 0.138 e. The first-order chi connectivity index (χ1) is 5.11. The van der Waals surface area contributed by atoms with Gasteiger partial charge in [-0.15, -0.1) is 0 Å². The summed E-state index contributed by atoms with van der Waals surface area (Å²) in [5, 5.41) is 8.45. The van der Waals surface area contributed by atoms with Crippen molar-refractivity contribution in [3.63, 3.8) is 0 Å². The second kappa shape index (κ2) is 4.34. The molecule has 0 aromatic heterocycles. The molecule has 0 unspecified atom stereocenters. The van der Waals surface area contributed by atoms with E-state index in [9.17, 15) is 0 Å². The van der Waals surface area contributed by atoms with Gasteiger partial charge >= 0.3 is 0 Å². The first-order valence-corrected chi connectivity index (χ1v) is 3.27. The Hall–Kier alpha value is -1.50. The molecule has 0 fully saturated rings. The van der Waals surface area contributed by atoms with Crippen LogP contribution in [-0.2, 0) is 0 Å². The van der Waals surface area contributed by atoms with Gasteiger partial charge in [-0.2, -0.15) is 5.26 Å². The van der Waals surface area contributed by atoms with Gasteiger partial charge in [-0.1, -0.05) is 0 Å². The maximum atomic E-state index is 8.45. The van der Waals surface area contributed by atoms with Crippen LogP contribution in [-0.4, -0.2) is 11.9 Å². The van der Waals surface area contributed by atoms with Crippen LogP contribution in [0.15, 0.2) is 16.8 Å². The molecule has 0 spiro atoms. The molecule has 0 aliphatic carbocycles. The van der Waals surface area contributed by atoms with Gasteiger partial charge in [-0.25, -0.2) is 0 Å². The van der Waals surface area contributed by atoms with E-state index < -0.39 is 0 Å². The van der Waals surface area contributed by atoms with Crippen LogP contribution in [0.4, 0.5) is 0 Å². The second-order valence-electron chi connectivity index (χ2n) is 2.30. The highest BCUT2D eigenvalue weighted by Crippen LogP contribution is 1.93. The normalized spacial score (nSPS) is 13.3. The van der Waals surface area contributed by atoms with E-state index in [-0.39, 0.29) is 17.5 Å². The Labute approximate surface area is 66.2 Å². The van der Waals surface area contributed by atoms with Gasteiger partial charge < -0.3 is 11.5 Å². The summed E-state index contributed by atoms with van der Waals surface area (Å²) in [6.07, 6.45) is 1.15. The van der Waals surface area contributed by atoms with Crippen LogP contribution in [0.25, 0.3) is 0 Å². The zero-order chi connectivity index (χ0) is 8.85. The van der Waals surface area contributed by atoms with Gasteiger partial charge in [0.25, 0.3) is 0 Å². The molecule has 11 heavy (non-hydrogen) atoms. The van der Waals surface area contributed by atoms with E-state index in [0.717, 1.165) is 6.20 Å². The maximum absolute atomic E-state index is 8.45. The molecule has 0 heterocycles. The molecular weight excluding hydrogens is 140 g/mol. The highest BCUT2D eigenvalue weighted by molar-refractivity contribution is 6.00. The zero-order valence-electron chi connectivity index (χ0n) is 6.70. The predicted molar refractivity (Wildman–Crippen MR) is 44.6 cm³/mol. The molecule has 4 N–H and O–H groups in total. The number of hydrogen-bond donors (Lipinski definition) is 2. The molecule has 60 valence electrons. The van der Waals surface area contributed by atoms with E-state index in [4.69, 9.17) is 16.7 Å². The Balaban J connectivity index is 4.49. The SMILES string of the molecule is CC(C)N=C(N)C(C#N)=CN. The molecule has 0 bridgehead atoms. The van der Waals surface area contributed by atoms with Gasteiger partial charge in [-0.05, 0) is 13.8 Å². The number of amidine groups is 1. The van der Waals surface area contributed by atoms with Crippen LogP contribution >= 0.6 is 0 Å². The number of rotatable bonds is 2. The summed E-state index contributed by atoms with van der Waals surface area (Å²) < 4.78 is 0. The zero-order valence-corrected chi connectivity index (χ0v) is 6.70. The lowest BCUT2D eigenvalue weighted by atomic mass is 10.3. The standard InChI is InChI=1S/C7H12N4/c1-5(2)11-7(10)6(3-8)4-9/h3,5H,8H2,1-2H3,(H2,10,11). The van der Waals surface area contributed by atoms with Crippen molar-refractivity contribution in [3.8, 4) is 6.07 Å². The number of nitrogens with zero attached hydrogens (tertiary/aromatic N) is 2. The van der Waals surface area contributed by atoms with Crippen LogP contribution in [0.2, 0.25) is 0 Å². The molecule has 0 aromatic rings. The van der Waals surface area contributed by atoms with Crippen molar-refractivity contribution >= 4 is 5.84 Å². The highest BCUT2D eigenvalue weighted by atomic mass is 14.9. The first kappa shape index (κ1) is 9.50. The minimum absolute atomic E-state index is 0.0818. The van der Waals surface area contributed by atoms with E-state index in [1.165, 1.54) is 0 Å². The summed E-state index contributed by atoms with van der Waals surface area (Å²) in [5.74, 6) is 0.199. The van der Waals surface area contributed by atoms with Gasteiger partial charge in [0.15, 0.2) is 0 Å². The molecule has 4 heteroatoms. The molecule has 0 amide bonds. The van der Waals surface area contributed by atoms with E-state index in [0.29, 0.717) is 0 Å². The van der Waals surface area contributed by atoms with Crippen molar-refractivity contribution in [3.05, 3.63) is 11.8 Å². The molecular formula is C7H12N4. The Morgan fingerprint density at radius 3 is 2.45 bits per heavy atom. The number of hydrogen-bond acceptors (Lipinski definition) is 3.